The molecule has 1 heterocycles. The second-order valence-electron chi connectivity index (χ2n) is 7.02. The van der Waals surface area contributed by atoms with Crippen LogP contribution in [0, 0.1) is 0 Å². The average molecular weight is 417 g/mol. The fourth-order valence-corrected chi connectivity index (χ4v) is 3.05. The lowest BCUT2D eigenvalue weighted by Gasteiger charge is -2.15. The minimum absolute atomic E-state index is 0.154. The molecule has 0 spiro atoms. The second kappa shape index (κ2) is 9.13. The summed E-state index contributed by atoms with van der Waals surface area (Å²) >= 11 is 0. The number of para-hydroxylation sites is 2. The second-order valence-corrected chi connectivity index (χ2v) is 7.02. The molecular weight excluding hydrogens is 395 g/mol. The van der Waals surface area contributed by atoms with Gasteiger partial charge >= 0.3 is 12.1 Å². The van der Waals surface area contributed by atoms with Gasteiger partial charge in [0, 0.05) is 23.8 Å². The van der Waals surface area contributed by atoms with Crippen LogP contribution in [0.1, 0.15) is 22.3 Å². The van der Waals surface area contributed by atoms with Gasteiger partial charge in [-0.1, -0.05) is 24.3 Å². The molecule has 1 N–H and O–H groups in total. The van der Waals surface area contributed by atoms with Crippen molar-refractivity contribution < 1.29 is 22.7 Å². The van der Waals surface area contributed by atoms with Gasteiger partial charge in [-0.05, 0) is 44.8 Å². The molecule has 8 heteroatoms. The number of ether oxygens (including phenoxy) is 1. The molecule has 2 aromatic carbocycles. The fraction of sp³-hybridized carbons (Fsp3) is 0.273. The van der Waals surface area contributed by atoms with E-state index in [0.29, 0.717) is 28.7 Å². The summed E-state index contributed by atoms with van der Waals surface area (Å²) in [5.41, 5.74) is 0.203. The molecule has 0 aliphatic heterocycles. The Balaban J connectivity index is 1.87. The predicted molar refractivity (Wildman–Crippen MR) is 110 cm³/mol. The summed E-state index contributed by atoms with van der Waals surface area (Å²) in [6.45, 7) is 1.07. The standard InChI is InChI=1S/C22H22F3N3O2/c1-28(2)13-6-14-30-21(29)16-7-3-4-10-18(16)27-19-11-12-26-20-15(19)8-5-9-17(20)22(23,24)25/h3-5,7-12H,6,13-14H2,1-2H3,(H,26,27). The molecule has 1 aromatic heterocycles. The van der Waals surface area contributed by atoms with Gasteiger partial charge in [0.15, 0.2) is 0 Å². The number of alkyl halides is 3. The Labute approximate surface area is 172 Å². The first-order chi connectivity index (χ1) is 14.3. The number of anilines is 2. The Kier molecular flexibility index (Phi) is 6.56. The molecular formula is C22H22F3N3O2. The average Bonchev–Trinajstić information content (AvgIpc) is 2.70. The zero-order valence-electron chi connectivity index (χ0n) is 16.7. The Morgan fingerprint density at radius 1 is 1.07 bits per heavy atom. The van der Waals surface area contributed by atoms with Gasteiger partial charge in [-0.3, -0.25) is 4.98 Å². The van der Waals surface area contributed by atoms with E-state index in [-0.39, 0.29) is 12.1 Å². The molecule has 3 aromatic rings. The number of pyridine rings is 1. The Morgan fingerprint density at radius 2 is 1.83 bits per heavy atom. The maximum atomic E-state index is 13.3. The molecule has 0 radical (unpaired) electrons. The van der Waals surface area contributed by atoms with E-state index in [1.807, 2.05) is 19.0 Å². The van der Waals surface area contributed by atoms with Crippen molar-refractivity contribution in [1.29, 1.82) is 0 Å². The summed E-state index contributed by atoms with van der Waals surface area (Å²) in [6.07, 6.45) is -2.51. The normalized spacial score (nSPS) is 11.7. The first-order valence-electron chi connectivity index (χ1n) is 9.40. The third kappa shape index (κ3) is 5.07. The topological polar surface area (TPSA) is 54.5 Å². The third-order valence-electron chi connectivity index (χ3n) is 4.48. The van der Waals surface area contributed by atoms with Crippen LogP contribution in [0.15, 0.2) is 54.7 Å². The minimum Gasteiger partial charge on any atom is -0.462 e. The molecule has 30 heavy (non-hydrogen) atoms. The van der Waals surface area contributed by atoms with E-state index in [9.17, 15) is 18.0 Å². The number of hydrogen-bond donors (Lipinski definition) is 1. The zero-order chi connectivity index (χ0) is 21.7. The van der Waals surface area contributed by atoms with Crippen LogP contribution in [0.25, 0.3) is 10.9 Å². The van der Waals surface area contributed by atoms with E-state index in [1.54, 1.807) is 36.4 Å². The van der Waals surface area contributed by atoms with Gasteiger partial charge in [-0.25, -0.2) is 4.79 Å². The van der Waals surface area contributed by atoms with Gasteiger partial charge < -0.3 is 15.0 Å². The van der Waals surface area contributed by atoms with Crippen LogP contribution in [0.5, 0.6) is 0 Å². The van der Waals surface area contributed by atoms with Gasteiger partial charge in [0.05, 0.1) is 28.9 Å². The molecule has 0 aliphatic rings. The Hall–Kier alpha value is -3.13. The summed E-state index contributed by atoms with van der Waals surface area (Å²) in [6, 6.07) is 12.2. The van der Waals surface area contributed by atoms with Crippen LogP contribution in [0.4, 0.5) is 24.5 Å². The highest BCUT2D eigenvalue weighted by Gasteiger charge is 2.33. The summed E-state index contributed by atoms with van der Waals surface area (Å²) in [7, 11) is 3.87. The lowest BCUT2D eigenvalue weighted by atomic mass is 10.1. The number of fused-ring (bicyclic) bond motifs is 1. The molecule has 0 bridgehead atoms. The van der Waals surface area contributed by atoms with E-state index in [2.05, 4.69) is 10.3 Å². The molecule has 158 valence electrons. The number of aromatic nitrogens is 1. The van der Waals surface area contributed by atoms with E-state index >= 15 is 0 Å². The van der Waals surface area contributed by atoms with Crippen LogP contribution in [-0.2, 0) is 10.9 Å². The predicted octanol–water partition coefficient (Wildman–Crippen LogP) is 5.11. The molecule has 0 saturated carbocycles. The van der Waals surface area contributed by atoms with E-state index in [4.69, 9.17) is 4.74 Å². The molecule has 0 unspecified atom stereocenters. The largest absolute Gasteiger partial charge is 0.462 e. The highest BCUT2D eigenvalue weighted by atomic mass is 19.4. The Bertz CT molecular complexity index is 1040. The van der Waals surface area contributed by atoms with Gasteiger partial charge in [0.2, 0.25) is 0 Å². The zero-order valence-corrected chi connectivity index (χ0v) is 16.7. The van der Waals surface area contributed by atoms with Crippen LogP contribution in [-0.4, -0.2) is 43.1 Å². The van der Waals surface area contributed by atoms with Gasteiger partial charge in [0.25, 0.3) is 0 Å². The number of halogens is 3. The van der Waals surface area contributed by atoms with E-state index in [0.717, 1.165) is 12.6 Å². The highest BCUT2D eigenvalue weighted by molar-refractivity contribution is 6.00. The van der Waals surface area contributed by atoms with Crippen LogP contribution < -0.4 is 5.32 Å². The molecule has 0 fully saturated rings. The van der Waals surface area contributed by atoms with E-state index < -0.39 is 17.7 Å². The van der Waals surface area contributed by atoms with Crippen molar-refractivity contribution in [3.05, 3.63) is 65.9 Å². The van der Waals surface area contributed by atoms with Crippen molar-refractivity contribution in [2.24, 2.45) is 0 Å². The fourth-order valence-electron chi connectivity index (χ4n) is 3.05. The maximum Gasteiger partial charge on any atom is 0.418 e. The van der Waals surface area contributed by atoms with Crippen molar-refractivity contribution in [2.45, 2.75) is 12.6 Å². The minimum atomic E-state index is -4.51. The number of hydrogen-bond acceptors (Lipinski definition) is 5. The van der Waals surface area contributed by atoms with Gasteiger partial charge in [0.1, 0.15) is 0 Å². The SMILES string of the molecule is CN(C)CCCOC(=O)c1ccccc1Nc1ccnc2c(C(F)(F)F)cccc12. The smallest absolute Gasteiger partial charge is 0.418 e. The van der Waals surface area contributed by atoms with Crippen molar-refractivity contribution in [1.82, 2.24) is 9.88 Å². The van der Waals surface area contributed by atoms with E-state index in [1.165, 1.54) is 12.3 Å². The number of carbonyl (C=O) groups excluding carboxylic acids is 1. The summed E-state index contributed by atoms with van der Waals surface area (Å²) < 4.78 is 45.3. The number of esters is 1. The van der Waals surface area contributed by atoms with Crippen molar-refractivity contribution in [3.63, 3.8) is 0 Å². The van der Waals surface area contributed by atoms with Gasteiger partial charge in [-0.2, -0.15) is 13.2 Å². The van der Waals surface area contributed by atoms with Crippen LogP contribution >= 0.6 is 0 Å². The van der Waals surface area contributed by atoms with Crippen molar-refractivity contribution >= 4 is 28.2 Å². The molecule has 0 atom stereocenters. The molecule has 0 amide bonds. The molecule has 5 nitrogen and oxygen atoms in total. The first kappa shape index (κ1) is 21.6. The summed E-state index contributed by atoms with van der Waals surface area (Å²) in [5.74, 6) is -0.494. The monoisotopic (exact) mass is 417 g/mol. The van der Waals surface area contributed by atoms with Gasteiger partial charge in [-0.15, -0.1) is 0 Å². The Morgan fingerprint density at radius 3 is 2.57 bits per heavy atom. The quantitative estimate of drug-likeness (QED) is 0.428. The number of rotatable bonds is 7. The first-order valence-corrected chi connectivity index (χ1v) is 9.40. The van der Waals surface area contributed by atoms with Crippen LogP contribution in [0.2, 0.25) is 0 Å². The number of nitrogens with one attached hydrogen (secondary N) is 1. The number of nitrogens with zero attached hydrogens (tertiary/aromatic N) is 2. The molecule has 0 aliphatic carbocycles. The maximum absolute atomic E-state index is 13.3. The lowest BCUT2D eigenvalue weighted by molar-refractivity contribution is -0.136. The molecule has 3 rings (SSSR count). The van der Waals surface area contributed by atoms with Crippen molar-refractivity contribution in [3.8, 4) is 0 Å². The number of benzene rings is 2. The summed E-state index contributed by atoms with van der Waals surface area (Å²) in [4.78, 5) is 18.4. The van der Waals surface area contributed by atoms with Crippen LogP contribution in [0.3, 0.4) is 0 Å². The summed E-state index contributed by atoms with van der Waals surface area (Å²) in [5, 5.41) is 3.37. The van der Waals surface area contributed by atoms with Crippen molar-refractivity contribution in [2.75, 3.05) is 32.6 Å². The number of carbonyl (C=O) groups is 1. The molecule has 0 saturated heterocycles. The lowest BCUT2D eigenvalue weighted by Crippen LogP contribution is -2.16. The highest BCUT2D eigenvalue weighted by Crippen LogP contribution is 2.36. The third-order valence-corrected chi connectivity index (χ3v) is 4.48.